The monoisotopic (exact) mass is 435 g/mol. The predicted octanol–water partition coefficient (Wildman–Crippen LogP) is 5.07. The van der Waals surface area contributed by atoms with Crippen molar-refractivity contribution < 1.29 is 9.53 Å². The summed E-state index contributed by atoms with van der Waals surface area (Å²) in [5.41, 5.74) is 7.63. The number of H-pyrrole nitrogens is 1. The zero-order valence-corrected chi connectivity index (χ0v) is 17.7. The van der Waals surface area contributed by atoms with Crippen molar-refractivity contribution in [3.8, 4) is 5.75 Å². The lowest BCUT2D eigenvalue weighted by Crippen LogP contribution is -2.15. The molecule has 1 aromatic heterocycles. The van der Waals surface area contributed by atoms with Gasteiger partial charge in [-0.3, -0.25) is 9.89 Å². The molecule has 158 valence electrons. The maximum atomic E-state index is 12.1. The molecule has 4 rings (SSSR count). The number of ether oxygens (including phenoxy) is 1. The molecule has 7 nitrogen and oxygen atoms in total. The molecule has 0 fully saturated rings. The molecule has 0 atom stereocenters. The van der Waals surface area contributed by atoms with Crippen molar-refractivity contribution >= 4 is 45.6 Å². The average molecular weight is 436 g/mol. The molecule has 0 spiro atoms. The fraction of sp³-hybridized carbons (Fsp3) is 0.130. The summed E-state index contributed by atoms with van der Waals surface area (Å²) < 4.78 is 5.63. The van der Waals surface area contributed by atoms with Gasteiger partial charge in [-0.25, -0.2) is 0 Å². The van der Waals surface area contributed by atoms with E-state index >= 15 is 0 Å². The Morgan fingerprint density at radius 3 is 2.77 bits per heavy atom. The van der Waals surface area contributed by atoms with Gasteiger partial charge in [0.2, 0.25) is 0 Å². The standard InChI is InChI=1S/C23H22ClN5O2/c1-2-31-18-10-9-14-5-3-6-15(19(14)12-18)13-26-22-20(21(25)30)23(29-28-22)27-17-8-4-7-16(24)11-17/h3-12H,2,13H2,1H3,(H2,25,30)(H3,26,27,28,29). The molecule has 1 heterocycles. The first-order valence-electron chi connectivity index (χ1n) is 9.84. The van der Waals surface area contributed by atoms with Gasteiger partial charge < -0.3 is 21.1 Å². The lowest BCUT2D eigenvalue weighted by atomic mass is 10.0. The number of nitrogens with zero attached hydrogens (tertiary/aromatic N) is 1. The van der Waals surface area contributed by atoms with Crippen LogP contribution in [-0.4, -0.2) is 22.7 Å². The van der Waals surface area contributed by atoms with Crippen LogP contribution in [0.15, 0.2) is 60.7 Å². The minimum absolute atomic E-state index is 0.246. The topological polar surface area (TPSA) is 105 Å². The molecule has 0 aliphatic carbocycles. The number of carbonyl (C=O) groups excluding carboxylic acids is 1. The van der Waals surface area contributed by atoms with Crippen molar-refractivity contribution in [1.29, 1.82) is 0 Å². The van der Waals surface area contributed by atoms with E-state index in [1.165, 1.54) is 0 Å². The summed E-state index contributed by atoms with van der Waals surface area (Å²) in [5.74, 6) is 0.981. The number of fused-ring (bicyclic) bond motifs is 1. The van der Waals surface area contributed by atoms with Crippen molar-refractivity contribution in [3.63, 3.8) is 0 Å². The number of hydrogen-bond donors (Lipinski definition) is 4. The minimum atomic E-state index is -0.600. The number of nitrogens with one attached hydrogen (secondary N) is 3. The second-order valence-corrected chi connectivity index (χ2v) is 7.34. The number of aromatic amines is 1. The highest BCUT2D eigenvalue weighted by atomic mass is 35.5. The van der Waals surface area contributed by atoms with Crippen molar-refractivity contribution in [1.82, 2.24) is 10.2 Å². The van der Waals surface area contributed by atoms with E-state index in [0.717, 1.165) is 22.1 Å². The van der Waals surface area contributed by atoms with Gasteiger partial charge in [-0.1, -0.05) is 41.9 Å². The summed E-state index contributed by atoms with van der Waals surface area (Å²) in [6.07, 6.45) is 0. The van der Waals surface area contributed by atoms with Crippen molar-refractivity contribution in [2.45, 2.75) is 13.5 Å². The Bertz CT molecular complexity index is 1240. The number of benzene rings is 3. The smallest absolute Gasteiger partial charge is 0.256 e. The summed E-state index contributed by atoms with van der Waals surface area (Å²) in [4.78, 5) is 12.1. The molecule has 4 aromatic rings. The summed E-state index contributed by atoms with van der Waals surface area (Å²) in [6, 6.07) is 19.2. The van der Waals surface area contributed by atoms with Gasteiger partial charge in [0.25, 0.3) is 5.91 Å². The van der Waals surface area contributed by atoms with Crippen LogP contribution in [0.25, 0.3) is 10.8 Å². The van der Waals surface area contributed by atoms with Crippen LogP contribution in [0.5, 0.6) is 5.75 Å². The van der Waals surface area contributed by atoms with E-state index in [2.05, 4.69) is 20.8 Å². The molecular formula is C23H22ClN5O2. The summed E-state index contributed by atoms with van der Waals surface area (Å²) >= 11 is 6.04. The first-order valence-corrected chi connectivity index (χ1v) is 10.2. The van der Waals surface area contributed by atoms with Crippen LogP contribution in [0.4, 0.5) is 17.3 Å². The lowest BCUT2D eigenvalue weighted by molar-refractivity contribution is 0.100. The quantitative estimate of drug-likeness (QED) is 0.309. The first-order chi connectivity index (χ1) is 15.0. The number of nitrogens with two attached hydrogens (primary N) is 1. The van der Waals surface area contributed by atoms with Crippen LogP contribution >= 0.6 is 11.6 Å². The number of rotatable bonds is 8. The third-order valence-corrected chi connectivity index (χ3v) is 5.04. The van der Waals surface area contributed by atoms with E-state index in [0.29, 0.717) is 35.5 Å². The number of aromatic nitrogens is 2. The molecule has 0 bridgehead atoms. The number of hydrogen-bond acceptors (Lipinski definition) is 5. The highest BCUT2D eigenvalue weighted by molar-refractivity contribution is 6.30. The Morgan fingerprint density at radius 1 is 1.16 bits per heavy atom. The minimum Gasteiger partial charge on any atom is -0.494 e. The molecule has 5 N–H and O–H groups in total. The van der Waals surface area contributed by atoms with Gasteiger partial charge in [0, 0.05) is 17.3 Å². The van der Waals surface area contributed by atoms with Gasteiger partial charge in [-0.15, -0.1) is 0 Å². The first kappa shape index (κ1) is 20.6. The predicted molar refractivity (Wildman–Crippen MR) is 124 cm³/mol. The fourth-order valence-corrected chi connectivity index (χ4v) is 3.61. The van der Waals surface area contributed by atoms with Crippen LogP contribution in [-0.2, 0) is 6.54 Å². The van der Waals surface area contributed by atoms with E-state index in [-0.39, 0.29) is 5.56 Å². The van der Waals surface area contributed by atoms with Gasteiger partial charge in [0.05, 0.1) is 6.61 Å². The molecule has 0 aliphatic rings. The van der Waals surface area contributed by atoms with Gasteiger partial charge in [-0.2, -0.15) is 5.10 Å². The Labute approximate surface area is 184 Å². The highest BCUT2D eigenvalue weighted by Gasteiger charge is 2.19. The molecule has 0 aliphatic heterocycles. The highest BCUT2D eigenvalue weighted by Crippen LogP contribution is 2.28. The molecule has 0 radical (unpaired) electrons. The largest absolute Gasteiger partial charge is 0.494 e. The molecule has 0 unspecified atom stereocenters. The number of halogens is 1. The Kier molecular flexibility index (Phi) is 5.95. The number of anilines is 3. The van der Waals surface area contributed by atoms with Crippen molar-refractivity contribution in [2.75, 3.05) is 17.2 Å². The fourth-order valence-electron chi connectivity index (χ4n) is 3.42. The Morgan fingerprint density at radius 2 is 2.00 bits per heavy atom. The maximum Gasteiger partial charge on any atom is 0.256 e. The second kappa shape index (κ2) is 8.97. The lowest BCUT2D eigenvalue weighted by Gasteiger charge is -2.11. The summed E-state index contributed by atoms with van der Waals surface area (Å²) in [5, 5.41) is 16.1. The zero-order chi connectivity index (χ0) is 21.8. The molecule has 1 amide bonds. The molecular weight excluding hydrogens is 414 g/mol. The molecule has 3 aromatic carbocycles. The van der Waals surface area contributed by atoms with Crippen molar-refractivity contribution in [2.24, 2.45) is 5.73 Å². The Hall–Kier alpha value is -3.71. The third-order valence-electron chi connectivity index (χ3n) is 4.81. The Balaban J connectivity index is 1.59. The second-order valence-electron chi connectivity index (χ2n) is 6.91. The van der Waals surface area contributed by atoms with E-state index in [1.807, 2.05) is 49.4 Å². The van der Waals surface area contributed by atoms with E-state index in [1.54, 1.807) is 18.2 Å². The third kappa shape index (κ3) is 4.57. The molecule has 8 heteroatoms. The van der Waals surface area contributed by atoms with Gasteiger partial charge >= 0.3 is 0 Å². The number of carbonyl (C=O) groups is 1. The maximum absolute atomic E-state index is 12.1. The van der Waals surface area contributed by atoms with Crippen LogP contribution in [0.1, 0.15) is 22.8 Å². The van der Waals surface area contributed by atoms with Gasteiger partial charge in [0.15, 0.2) is 5.82 Å². The van der Waals surface area contributed by atoms with E-state index in [9.17, 15) is 4.79 Å². The zero-order valence-electron chi connectivity index (χ0n) is 16.9. The van der Waals surface area contributed by atoms with Gasteiger partial charge in [0.1, 0.15) is 17.1 Å². The normalized spacial score (nSPS) is 10.8. The number of primary amides is 1. The van der Waals surface area contributed by atoms with Crippen LogP contribution < -0.4 is 21.1 Å². The SMILES string of the molecule is CCOc1ccc2cccc(CNc3n[nH]c(Nc4cccc(Cl)c4)c3C(N)=O)c2c1. The average Bonchev–Trinajstić information content (AvgIpc) is 3.15. The number of amides is 1. The summed E-state index contributed by atoms with van der Waals surface area (Å²) in [7, 11) is 0. The van der Waals surface area contributed by atoms with Crippen molar-refractivity contribution in [3.05, 3.63) is 76.8 Å². The van der Waals surface area contributed by atoms with Crippen LogP contribution in [0.2, 0.25) is 5.02 Å². The van der Waals surface area contributed by atoms with E-state index < -0.39 is 5.91 Å². The molecule has 0 saturated heterocycles. The van der Waals surface area contributed by atoms with Gasteiger partial charge in [-0.05, 0) is 53.6 Å². The van der Waals surface area contributed by atoms with Crippen LogP contribution in [0, 0.1) is 0 Å². The van der Waals surface area contributed by atoms with E-state index in [4.69, 9.17) is 22.1 Å². The van der Waals surface area contributed by atoms with Crippen LogP contribution in [0.3, 0.4) is 0 Å². The molecule has 0 saturated carbocycles. The summed E-state index contributed by atoms with van der Waals surface area (Å²) in [6.45, 7) is 3.01. The molecule has 31 heavy (non-hydrogen) atoms.